The van der Waals surface area contributed by atoms with Gasteiger partial charge < -0.3 is 25.1 Å². The van der Waals surface area contributed by atoms with Crippen molar-refractivity contribution in [1.29, 1.82) is 0 Å². The van der Waals surface area contributed by atoms with Crippen LogP contribution in [0.4, 0.5) is 16.2 Å². The van der Waals surface area contributed by atoms with Gasteiger partial charge in [-0.1, -0.05) is 30.3 Å². The monoisotopic (exact) mass is 434 g/mol. The number of urea groups is 1. The summed E-state index contributed by atoms with van der Waals surface area (Å²) in [5.74, 6) is 0. The van der Waals surface area contributed by atoms with Gasteiger partial charge >= 0.3 is 6.03 Å². The van der Waals surface area contributed by atoms with Crippen molar-refractivity contribution < 1.29 is 9.90 Å². The molecule has 2 aromatic rings. The van der Waals surface area contributed by atoms with Crippen LogP contribution in [0.15, 0.2) is 54.6 Å². The first kappa shape index (κ1) is 22.4. The largest absolute Gasteiger partial charge is 0.389 e. The van der Waals surface area contributed by atoms with Gasteiger partial charge in [-0.2, -0.15) is 0 Å². The molecule has 0 aliphatic carbocycles. The minimum absolute atomic E-state index is 0.0781. The third-order valence-corrected chi connectivity index (χ3v) is 6.63. The fourth-order valence-corrected chi connectivity index (χ4v) is 4.61. The van der Waals surface area contributed by atoms with Crippen LogP contribution >= 0.6 is 0 Å². The SMILES string of the molecule is CC(O)c1ccccc1C1=CCN(C(=O)Nc2ccc(N3CCC(N(C)C)C3)cc2)CC1. The van der Waals surface area contributed by atoms with Gasteiger partial charge in [0, 0.05) is 43.6 Å². The van der Waals surface area contributed by atoms with E-state index >= 15 is 0 Å². The van der Waals surface area contributed by atoms with Crippen molar-refractivity contribution in [3.63, 3.8) is 0 Å². The maximum absolute atomic E-state index is 12.8. The number of rotatable bonds is 5. The number of hydrogen-bond acceptors (Lipinski definition) is 4. The molecule has 32 heavy (non-hydrogen) atoms. The molecule has 170 valence electrons. The molecule has 2 unspecified atom stereocenters. The molecule has 0 bridgehead atoms. The maximum atomic E-state index is 12.8. The normalized spacial score (nSPS) is 19.8. The first-order valence-electron chi connectivity index (χ1n) is 11.5. The molecule has 0 radical (unpaired) electrons. The maximum Gasteiger partial charge on any atom is 0.322 e. The lowest BCUT2D eigenvalue weighted by atomic mass is 9.93. The van der Waals surface area contributed by atoms with Gasteiger partial charge in [-0.05, 0) is 74.8 Å². The Morgan fingerprint density at radius 2 is 1.88 bits per heavy atom. The summed E-state index contributed by atoms with van der Waals surface area (Å²) in [5.41, 5.74) is 5.23. The van der Waals surface area contributed by atoms with Crippen molar-refractivity contribution in [1.82, 2.24) is 9.80 Å². The number of aliphatic hydroxyl groups excluding tert-OH is 1. The van der Waals surface area contributed by atoms with Crippen LogP contribution in [-0.2, 0) is 0 Å². The van der Waals surface area contributed by atoms with Gasteiger partial charge in [0.15, 0.2) is 0 Å². The van der Waals surface area contributed by atoms with Crippen LogP contribution in [0.2, 0.25) is 0 Å². The van der Waals surface area contributed by atoms with E-state index in [4.69, 9.17) is 0 Å². The van der Waals surface area contributed by atoms with E-state index < -0.39 is 6.10 Å². The molecule has 0 saturated carbocycles. The fourth-order valence-electron chi connectivity index (χ4n) is 4.61. The highest BCUT2D eigenvalue weighted by atomic mass is 16.3. The van der Waals surface area contributed by atoms with Crippen molar-refractivity contribution >= 4 is 23.0 Å². The van der Waals surface area contributed by atoms with Gasteiger partial charge in [-0.3, -0.25) is 0 Å². The van der Waals surface area contributed by atoms with E-state index in [9.17, 15) is 9.90 Å². The highest BCUT2D eigenvalue weighted by Crippen LogP contribution is 2.29. The number of carbonyl (C=O) groups excluding carboxylic acids is 1. The summed E-state index contributed by atoms with van der Waals surface area (Å²) in [4.78, 5) is 19.3. The van der Waals surface area contributed by atoms with Gasteiger partial charge in [0.05, 0.1) is 6.10 Å². The molecule has 1 saturated heterocycles. The molecule has 2 aromatic carbocycles. The third kappa shape index (κ3) is 4.97. The first-order valence-corrected chi connectivity index (χ1v) is 11.5. The van der Waals surface area contributed by atoms with Crippen molar-refractivity contribution in [3.05, 3.63) is 65.7 Å². The zero-order valence-electron chi connectivity index (χ0n) is 19.3. The summed E-state index contributed by atoms with van der Waals surface area (Å²) < 4.78 is 0. The van der Waals surface area contributed by atoms with Crippen LogP contribution in [0.5, 0.6) is 0 Å². The van der Waals surface area contributed by atoms with Gasteiger partial charge in [-0.15, -0.1) is 0 Å². The van der Waals surface area contributed by atoms with Crippen molar-refractivity contribution in [2.24, 2.45) is 0 Å². The lowest BCUT2D eigenvalue weighted by molar-refractivity contribution is 0.198. The average Bonchev–Trinajstić information content (AvgIpc) is 3.30. The predicted molar refractivity (Wildman–Crippen MR) is 131 cm³/mol. The summed E-state index contributed by atoms with van der Waals surface area (Å²) in [7, 11) is 4.27. The summed E-state index contributed by atoms with van der Waals surface area (Å²) in [6.45, 7) is 5.11. The number of benzene rings is 2. The van der Waals surface area contributed by atoms with Crippen LogP contribution in [0.1, 0.15) is 37.0 Å². The predicted octanol–water partition coefficient (Wildman–Crippen LogP) is 4.20. The molecule has 6 heteroatoms. The molecule has 6 nitrogen and oxygen atoms in total. The number of nitrogens with zero attached hydrogens (tertiary/aromatic N) is 3. The second-order valence-corrected chi connectivity index (χ2v) is 9.02. The molecule has 0 aromatic heterocycles. The Labute approximate surface area is 191 Å². The zero-order chi connectivity index (χ0) is 22.7. The van der Waals surface area contributed by atoms with Crippen LogP contribution in [0.3, 0.4) is 0 Å². The van der Waals surface area contributed by atoms with Crippen molar-refractivity contribution in [2.45, 2.75) is 31.9 Å². The highest BCUT2D eigenvalue weighted by Gasteiger charge is 2.24. The van der Waals surface area contributed by atoms with Crippen molar-refractivity contribution in [3.8, 4) is 0 Å². The number of anilines is 2. The summed E-state index contributed by atoms with van der Waals surface area (Å²) in [5, 5.41) is 13.1. The molecule has 1 fully saturated rings. The molecule has 2 aliphatic heterocycles. The van der Waals surface area contributed by atoms with E-state index in [-0.39, 0.29) is 6.03 Å². The Morgan fingerprint density at radius 3 is 2.50 bits per heavy atom. The summed E-state index contributed by atoms with van der Waals surface area (Å²) in [6.07, 6.45) is 3.54. The molecule has 0 spiro atoms. The molecule has 2 heterocycles. The van der Waals surface area contributed by atoms with Crippen LogP contribution in [0, 0.1) is 0 Å². The van der Waals surface area contributed by atoms with Crippen molar-refractivity contribution in [2.75, 3.05) is 50.5 Å². The quantitative estimate of drug-likeness (QED) is 0.741. The summed E-state index contributed by atoms with van der Waals surface area (Å²) in [6, 6.07) is 16.6. The topological polar surface area (TPSA) is 59.1 Å². The summed E-state index contributed by atoms with van der Waals surface area (Å²) >= 11 is 0. The Bertz CT molecular complexity index is 968. The second kappa shape index (κ2) is 9.76. The molecule has 4 rings (SSSR count). The Morgan fingerprint density at radius 1 is 1.12 bits per heavy atom. The van der Waals surface area contributed by atoms with E-state index in [1.165, 1.54) is 17.7 Å². The minimum Gasteiger partial charge on any atom is -0.389 e. The first-order chi connectivity index (χ1) is 15.4. The van der Waals surface area contributed by atoms with E-state index in [1.807, 2.05) is 41.3 Å². The zero-order valence-corrected chi connectivity index (χ0v) is 19.3. The van der Waals surface area contributed by atoms with Crippen LogP contribution in [0.25, 0.3) is 5.57 Å². The average molecular weight is 435 g/mol. The minimum atomic E-state index is -0.509. The number of likely N-dealkylation sites (N-methyl/N-ethyl adjacent to an activating group) is 1. The molecule has 2 atom stereocenters. The number of aliphatic hydroxyl groups is 1. The van der Waals surface area contributed by atoms with Crippen LogP contribution in [-0.4, -0.2) is 67.3 Å². The highest BCUT2D eigenvalue weighted by molar-refractivity contribution is 5.90. The smallest absolute Gasteiger partial charge is 0.322 e. The van der Waals surface area contributed by atoms with E-state index in [0.717, 1.165) is 36.3 Å². The third-order valence-electron chi connectivity index (χ3n) is 6.63. The Hall–Kier alpha value is -2.83. The van der Waals surface area contributed by atoms with E-state index in [2.05, 4.69) is 47.4 Å². The molecule has 2 N–H and O–H groups in total. The number of amides is 2. The van der Waals surface area contributed by atoms with E-state index in [0.29, 0.717) is 19.1 Å². The number of nitrogens with one attached hydrogen (secondary N) is 1. The van der Waals surface area contributed by atoms with Gasteiger partial charge in [0.25, 0.3) is 0 Å². The fraction of sp³-hybridized carbons (Fsp3) is 0.423. The Kier molecular flexibility index (Phi) is 6.82. The second-order valence-electron chi connectivity index (χ2n) is 9.02. The number of carbonyl (C=O) groups is 1. The standard InChI is InChI=1S/C26H34N4O2/c1-19(31)24-6-4-5-7-25(24)20-12-15-29(16-13-20)26(32)27-21-8-10-22(11-9-21)30-17-14-23(18-30)28(2)3/h4-12,19,23,31H,13-18H2,1-3H3,(H,27,32). The van der Waals surface area contributed by atoms with Gasteiger partial charge in [0.2, 0.25) is 0 Å². The number of hydrogen-bond donors (Lipinski definition) is 2. The molecule has 2 amide bonds. The molecular formula is C26H34N4O2. The lowest BCUT2D eigenvalue weighted by Crippen LogP contribution is -2.38. The Balaban J connectivity index is 1.34. The van der Waals surface area contributed by atoms with Crippen LogP contribution < -0.4 is 10.2 Å². The molecular weight excluding hydrogens is 400 g/mol. The van der Waals surface area contributed by atoms with E-state index in [1.54, 1.807) is 6.92 Å². The van der Waals surface area contributed by atoms with Gasteiger partial charge in [0.1, 0.15) is 0 Å². The lowest BCUT2D eigenvalue weighted by Gasteiger charge is -2.28. The van der Waals surface area contributed by atoms with Gasteiger partial charge in [-0.25, -0.2) is 4.79 Å². The molecule has 2 aliphatic rings.